The number of likely N-dealkylation sites (N-methyl/N-ethyl adjacent to an activating group) is 2. The van der Waals surface area contributed by atoms with Gasteiger partial charge in [-0.3, -0.25) is 9.59 Å². The molecule has 0 spiro atoms. The van der Waals surface area contributed by atoms with E-state index >= 15 is 0 Å². The Kier molecular flexibility index (Phi) is 7.76. The van der Waals surface area contributed by atoms with E-state index in [0.717, 1.165) is 27.3 Å². The van der Waals surface area contributed by atoms with E-state index in [1.165, 1.54) is 0 Å². The normalized spacial score (nSPS) is 12.9. The van der Waals surface area contributed by atoms with Crippen LogP contribution < -0.4 is 10.2 Å². The van der Waals surface area contributed by atoms with Crippen molar-refractivity contribution < 1.29 is 14.5 Å². The molecule has 1 unspecified atom stereocenters. The Morgan fingerprint density at radius 1 is 1.00 bits per heavy atom. The molecule has 28 heavy (non-hydrogen) atoms. The van der Waals surface area contributed by atoms with E-state index in [0.29, 0.717) is 13.1 Å². The quantitative estimate of drug-likeness (QED) is 0.736. The average Bonchev–Trinajstić information content (AvgIpc) is 2.67. The minimum atomic E-state index is -0.412. The number of hydrogen-bond donors (Lipinski definition) is 2. The first-order valence-electron chi connectivity index (χ1n) is 9.91. The molecule has 5 heteroatoms. The molecule has 0 aromatic heterocycles. The molecule has 2 atom stereocenters. The highest BCUT2D eigenvalue weighted by atomic mass is 16.2. The van der Waals surface area contributed by atoms with Crippen LogP contribution in [0.2, 0.25) is 0 Å². The van der Waals surface area contributed by atoms with E-state index < -0.39 is 6.04 Å². The number of quaternary nitrogens is 1. The minimum absolute atomic E-state index is 0.0493. The second kappa shape index (κ2) is 10.0. The fourth-order valence-electron chi connectivity index (χ4n) is 3.44. The lowest BCUT2D eigenvalue weighted by molar-refractivity contribution is -0.894. The van der Waals surface area contributed by atoms with E-state index in [-0.39, 0.29) is 18.4 Å². The van der Waals surface area contributed by atoms with Gasteiger partial charge in [-0.2, -0.15) is 0 Å². The van der Waals surface area contributed by atoms with Gasteiger partial charge in [-0.05, 0) is 44.9 Å². The molecular weight excluding hydrogens is 350 g/mol. The van der Waals surface area contributed by atoms with Gasteiger partial charge in [-0.25, -0.2) is 0 Å². The van der Waals surface area contributed by atoms with Gasteiger partial charge in [-0.1, -0.05) is 42.5 Å². The first-order chi connectivity index (χ1) is 13.4. The van der Waals surface area contributed by atoms with Gasteiger partial charge in [0, 0.05) is 24.3 Å². The summed E-state index contributed by atoms with van der Waals surface area (Å²) in [7, 11) is 1.90. The van der Waals surface area contributed by atoms with Crippen LogP contribution in [0.3, 0.4) is 0 Å². The first kappa shape index (κ1) is 21.6. The number of aryl methyl sites for hydroxylation is 1. The molecule has 2 amide bonds. The Balaban J connectivity index is 2.20. The Morgan fingerprint density at radius 3 is 2.25 bits per heavy atom. The summed E-state index contributed by atoms with van der Waals surface area (Å²) in [6, 6.07) is 15.2. The molecule has 0 fully saturated rings. The van der Waals surface area contributed by atoms with Crippen molar-refractivity contribution in [1.82, 2.24) is 4.90 Å². The summed E-state index contributed by atoms with van der Waals surface area (Å²) in [6.45, 7) is 9.49. The number of amides is 2. The number of nitrogens with zero attached hydrogens (tertiary/aromatic N) is 1. The molecule has 2 aromatic rings. The predicted octanol–water partition coefficient (Wildman–Crippen LogP) is 2.37. The minimum Gasteiger partial charge on any atom is -0.338 e. The topological polar surface area (TPSA) is 53.9 Å². The van der Waals surface area contributed by atoms with Crippen molar-refractivity contribution in [3.05, 3.63) is 65.2 Å². The van der Waals surface area contributed by atoms with E-state index in [1.807, 2.05) is 88.2 Å². The van der Waals surface area contributed by atoms with Gasteiger partial charge >= 0.3 is 0 Å². The lowest BCUT2D eigenvalue weighted by Gasteiger charge is -2.29. The van der Waals surface area contributed by atoms with Gasteiger partial charge in [-0.15, -0.1) is 0 Å². The third-order valence-corrected chi connectivity index (χ3v) is 5.27. The Morgan fingerprint density at radius 2 is 1.64 bits per heavy atom. The fourth-order valence-corrected chi connectivity index (χ4v) is 3.44. The number of carbonyl (C=O) groups excluding carboxylic acids is 2. The van der Waals surface area contributed by atoms with Crippen LogP contribution in [-0.2, 0) is 9.59 Å². The van der Waals surface area contributed by atoms with Crippen LogP contribution in [0.15, 0.2) is 48.5 Å². The highest BCUT2D eigenvalue weighted by Gasteiger charge is 2.33. The predicted molar refractivity (Wildman–Crippen MR) is 113 cm³/mol. The average molecular weight is 383 g/mol. The van der Waals surface area contributed by atoms with Gasteiger partial charge < -0.3 is 15.1 Å². The molecular formula is C23H32N3O2+. The molecule has 5 nitrogen and oxygen atoms in total. The zero-order valence-corrected chi connectivity index (χ0v) is 17.6. The number of benzene rings is 2. The molecule has 0 aliphatic heterocycles. The van der Waals surface area contributed by atoms with Crippen LogP contribution in [0.25, 0.3) is 0 Å². The van der Waals surface area contributed by atoms with E-state index in [2.05, 4.69) is 5.32 Å². The van der Waals surface area contributed by atoms with Crippen LogP contribution in [0.4, 0.5) is 5.69 Å². The van der Waals surface area contributed by atoms with Crippen LogP contribution >= 0.6 is 0 Å². The van der Waals surface area contributed by atoms with Crippen molar-refractivity contribution >= 4 is 17.5 Å². The Labute approximate surface area is 168 Å². The summed E-state index contributed by atoms with van der Waals surface area (Å²) in [5.74, 6) is -0.0484. The molecule has 0 aliphatic carbocycles. The molecule has 0 saturated carbocycles. The molecule has 0 saturated heterocycles. The highest BCUT2D eigenvalue weighted by molar-refractivity contribution is 5.92. The van der Waals surface area contributed by atoms with Crippen LogP contribution in [0.1, 0.15) is 36.6 Å². The highest BCUT2D eigenvalue weighted by Crippen LogP contribution is 2.18. The molecule has 150 valence electrons. The summed E-state index contributed by atoms with van der Waals surface area (Å²) in [4.78, 5) is 28.5. The third kappa shape index (κ3) is 5.20. The Hall–Kier alpha value is -2.66. The summed E-state index contributed by atoms with van der Waals surface area (Å²) in [5, 5.41) is 3.00. The molecule has 0 bridgehead atoms. The first-order valence-corrected chi connectivity index (χ1v) is 9.91. The van der Waals surface area contributed by atoms with Crippen molar-refractivity contribution in [3.8, 4) is 0 Å². The summed E-state index contributed by atoms with van der Waals surface area (Å²) in [5.41, 5.74) is 3.95. The second-order valence-electron chi connectivity index (χ2n) is 7.17. The summed E-state index contributed by atoms with van der Waals surface area (Å²) in [6.07, 6.45) is 0. The van der Waals surface area contributed by atoms with Gasteiger partial charge in [0.1, 0.15) is 0 Å². The van der Waals surface area contributed by atoms with Gasteiger partial charge in [0.2, 0.25) is 0 Å². The fraction of sp³-hybridized carbons (Fsp3) is 0.391. The van der Waals surface area contributed by atoms with Gasteiger partial charge in [0.15, 0.2) is 12.6 Å². The number of carbonyl (C=O) groups is 2. The van der Waals surface area contributed by atoms with Crippen molar-refractivity contribution in [2.75, 3.05) is 32.0 Å². The molecule has 0 aliphatic rings. The molecule has 0 heterocycles. The van der Waals surface area contributed by atoms with Gasteiger partial charge in [0.25, 0.3) is 11.8 Å². The molecule has 2 aromatic carbocycles. The summed E-state index contributed by atoms with van der Waals surface area (Å²) >= 11 is 0. The van der Waals surface area contributed by atoms with Crippen LogP contribution in [-0.4, -0.2) is 43.4 Å². The maximum Gasteiger partial charge on any atom is 0.285 e. The lowest BCUT2D eigenvalue weighted by atomic mass is 10.0. The zero-order chi connectivity index (χ0) is 20.7. The van der Waals surface area contributed by atoms with Crippen molar-refractivity contribution in [2.45, 2.75) is 33.7 Å². The van der Waals surface area contributed by atoms with E-state index in [9.17, 15) is 9.59 Å². The molecule has 2 N–H and O–H groups in total. The van der Waals surface area contributed by atoms with Crippen molar-refractivity contribution in [2.24, 2.45) is 0 Å². The van der Waals surface area contributed by atoms with Crippen LogP contribution in [0.5, 0.6) is 0 Å². The lowest BCUT2D eigenvalue weighted by Crippen LogP contribution is -3.11. The van der Waals surface area contributed by atoms with Crippen molar-refractivity contribution in [3.63, 3.8) is 0 Å². The smallest absolute Gasteiger partial charge is 0.285 e. The summed E-state index contributed by atoms with van der Waals surface area (Å²) < 4.78 is 0. The SMILES string of the molecule is CCN(CC)C(=O)[C@@H](c1ccccc1)[NH+](C)CC(=O)Nc1cccc(C)c1C. The van der Waals surface area contributed by atoms with Crippen LogP contribution in [0, 0.1) is 13.8 Å². The monoisotopic (exact) mass is 382 g/mol. The maximum atomic E-state index is 13.2. The zero-order valence-electron chi connectivity index (χ0n) is 17.6. The second-order valence-corrected chi connectivity index (χ2v) is 7.17. The number of nitrogens with one attached hydrogen (secondary N) is 2. The maximum absolute atomic E-state index is 13.2. The number of hydrogen-bond acceptors (Lipinski definition) is 2. The molecule has 2 rings (SSSR count). The Bertz CT molecular complexity index is 801. The standard InChI is InChI=1S/C23H31N3O2/c1-6-26(7-2)23(28)22(19-13-9-8-10-14-19)25(5)16-21(27)24-20-15-11-12-17(3)18(20)4/h8-15,22H,6-7,16H2,1-5H3,(H,24,27)/p+1/t22-/m1/s1. The van der Waals surface area contributed by atoms with E-state index in [4.69, 9.17) is 0 Å². The third-order valence-electron chi connectivity index (χ3n) is 5.27. The number of rotatable bonds is 8. The van der Waals surface area contributed by atoms with E-state index in [1.54, 1.807) is 0 Å². The van der Waals surface area contributed by atoms with Gasteiger partial charge in [0.05, 0.1) is 7.05 Å². The van der Waals surface area contributed by atoms with Crippen molar-refractivity contribution in [1.29, 1.82) is 0 Å². The molecule has 0 radical (unpaired) electrons. The largest absolute Gasteiger partial charge is 0.338 e. The number of anilines is 1.